The van der Waals surface area contributed by atoms with Crippen LogP contribution in [-0.2, 0) is 4.74 Å². The number of likely N-dealkylation sites (tertiary alicyclic amines) is 1. The molecule has 3 rings (SSSR count). The lowest BCUT2D eigenvalue weighted by Gasteiger charge is -2.33. The molecule has 0 atom stereocenters. The number of amides is 2. The number of carbonyl (C=O) groups excluding carboxylic acids is 1. The monoisotopic (exact) mass is 347 g/mol. The second kappa shape index (κ2) is 9.61. The van der Waals surface area contributed by atoms with Crippen molar-refractivity contribution < 1.29 is 14.3 Å². The molecule has 1 aromatic rings. The van der Waals surface area contributed by atoms with Crippen molar-refractivity contribution in [3.05, 3.63) is 24.5 Å². The molecule has 2 amide bonds. The molecular weight excluding hydrogens is 318 g/mol. The average Bonchev–Trinajstić information content (AvgIpc) is 2.67. The molecule has 2 fully saturated rings. The van der Waals surface area contributed by atoms with Crippen LogP contribution in [0.4, 0.5) is 4.79 Å². The number of nitrogens with zero attached hydrogens (tertiary/aromatic N) is 2. The molecule has 0 unspecified atom stereocenters. The Bertz CT molecular complexity index is 512. The van der Waals surface area contributed by atoms with Crippen molar-refractivity contribution in [1.82, 2.24) is 15.2 Å². The zero-order valence-electron chi connectivity index (χ0n) is 14.9. The third kappa shape index (κ3) is 5.88. The van der Waals surface area contributed by atoms with Crippen LogP contribution >= 0.6 is 0 Å². The molecular formula is C19H29N3O3. The summed E-state index contributed by atoms with van der Waals surface area (Å²) in [6.07, 6.45) is 11.5. The predicted octanol–water partition coefficient (Wildman–Crippen LogP) is 2.98. The Morgan fingerprint density at radius 2 is 1.96 bits per heavy atom. The number of hydrogen-bond donors (Lipinski definition) is 1. The van der Waals surface area contributed by atoms with Crippen LogP contribution < -0.4 is 10.1 Å². The number of hydrogen-bond acceptors (Lipinski definition) is 4. The van der Waals surface area contributed by atoms with E-state index in [1.807, 2.05) is 17.0 Å². The van der Waals surface area contributed by atoms with Crippen LogP contribution in [-0.4, -0.2) is 54.4 Å². The van der Waals surface area contributed by atoms with Crippen molar-refractivity contribution in [1.29, 1.82) is 0 Å². The normalized spacial score (nSPS) is 19.6. The first-order valence-corrected chi connectivity index (χ1v) is 9.51. The fraction of sp³-hybridized carbons (Fsp3) is 0.684. The van der Waals surface area contributed by atoms with E-state index < -0.39 is 0 Å². The van der Waals surface area contributed by atoms with Crippen molar-refractivity contribution in [3.8, 4) is 5.75 Å². The first-order chi connectivity index (χ1) is 12.3. The molecule has 1 aliphatic heterocycles. The minimum absolute atomic E-state index is 0.102. The Kier molecular flexibility index (Phi) is 6.91. The van der Waals surface area contributed by atoms with Gasteiger partial charge in [0.25, 0.3) is 0 Å². The topological polar surface area (TPSA) is 63.7 Å². The number of pyridine rings is 1. The first-order valence-electron chi connectivity index (χ1n) is 9.51. The fourth-order valence-corrected chi connectivity index (χ4v) is 3.55. The van der Waals surface area contributed by atoms with Crippen molar-refractivity contribution in [2.75, 3.05) is 26.3 Å². The molecule has 1 aliphatic carbocycles. The van der Waals surface area contributed by atoms with Crippen LogP contribution in [0.5, 0.6) is 5.75 Å². The Balaban J connectivity index is 1.28. The van der Waals surface area contributed by atoms with E-state index in [2.05, 4.69) is 10.3 Å². The Morgan fingerprint density at radius 1 is 1.16 bits per heavy atom. The molecule has 1 aromatic heterocycles. The molecule has 0 radical (unpaired) electrons. The second-order valence-corrected chi connectivity index (χ2v) is 6.88. The molecule has 0 aromatic carbocycles. The molecule has 1 saturated heterocycles. The standard InChI is InChI=1S/C19H29N3O3/c23-19(21-16-5-2-1-3-6-16)22-11-8-17(9-12-22)24-13-14-25-18-7-4-10-20-15-18/h4,7,10,15-17H,1-3,5-6,8-9,11-14H2,(H,21,23). The minimum atomic E-state index is 0.102. The van der Waals surface area contributed by atoms with Crippen LogP contribution in [0.2, 0.25) is 0 Å². The summed E-state index contributed by atoms with van der Waals surface area (Å²) in [6, 6.07) is 4.21. The van der Waals surface area contributed by atoms with Crippen molar-refractivity contribution in [3.63, 3.8) is 0 Å². The minimum Gasteiger partial charge on any atom is -0.490 e. The molecule has 0 spiro atoms. The highest BCUT2D eigenvalue weighted by atomic mass is 16.5. The summed E-state index contributed by atoms with van der Waals surface area (Å²) < 4.78 is 11.5. The van der Waals surface area contributed by atoms with Gasteiger partial charge in [-0.1, -0.05) is 19.3 Å². The van der Waals surface area contributed by atoms with Gasteiger partial charge in [0.15, 0.2) is 0 Å². The fourth-order valence-electron chi connectivity index (χ4n) is 3.55. The summed E-state index contributed by atoms with van der Waals surface area (Å²) in [6.45, 7) is 2.63. The number of piperidine rings is 1. The van der Waals surface area contributed by atoms with E-state index in [0.717, 1.165) is 44.5 Å². The largest absolute Gasteiger partial charge is 0.490 e. The zero-order chi connectivity index (χ0) is 17.3. The molecule has 138 valence electrons. The molecule has 1 N–H and O–H groups in total. The maximum absolute atomic E-state index is 12.3. The zero-order valence-corrected chi connectivity index (χ0v) is 14.9. The maximum Gasteiger partial charge on any atom is 0.317 e. The van der Waals surface area contributed by atoms with Gasteiger partial charge < -0.3 is 19.7 Å². The molecule has 2 heterocycles. The van der Waals surface area contributed by atoms with Gasteiger partial charge in [-0.15, -0.1) is 0 Å². The highest BCUT2D eigenvalue weighted by Gasteiger charge is 2.25. The molecule has 25 heavy (non-hydrogen) atoms. The van der Waals surface area contributed by atoms with Crippen LogP contribution in [0.15, 0.2) is 24.5 Å². The number of carbonyl (C=O) groups is 1. The Morgan fingerprint density at radius 3 is 2.68 bits per heavy atom. The summed E-state index contributed by atoms with van der Waals surface area (Å²) in [4.78, 5) is 18.3. The van der Waals surface area contributed by atoms with E-state index in [0.29, 0.717) is 19.3 Å². The van der Waals surface area contributed by atoms with Gasteiger partial charge in [-0.2, -0.15) is 0 Å². The van der Waals surface area contributed by atoms with Gasteiger partial charge in [0.1, 0.15) is 12.4 Å². The van der Waals surface area contributed by atoms with Crippen LogP contribution in [0.25, 0.3) is 0 Å². The van der Waals surface area contributed by atoms with E-state index in [-0.39, 0.29) is 12.1 Å². The van der Waals surface area contributed by atoms with E-state index in [1.54, 1.807) is 12.4 Å². The number of urea groups is 1. The highest BCUT2D eigenvalue weighted by Crippen LogP contribution is 2.19. The quantitative estimate of drug-likeness (QED) is 0.804. The first kappa shape index (κ1) is 18.0. The molecule has 1 saturated carbocycles. The van der Waals surface area contributed by atoms with Crippen LogP contribution in [0, 0.1) is 0 Å². The third-order valence-electron chi connectivity index (χ3n) is 5.00. The molecule has 0 bridgehead atoms. The molecule has 2 aliphatic rings. The third-order valence-corrected chi connectivity index (χ3v) is 5.00. The smallest absolute Gasteiger partial charge is 0.317 e. The summed E-state index contributed by atoms with van der Waals surface area (Å²) in [5.74, 6) is 0.764. The maximum atomic E-state index is 12.3. The number of nitrogens with one attached hydrogen (secondary N) is 1. The average molecular weight is 347 g/mol. The van der Waals surface area contributed by atoms with Crippen molar-refractivity contribution >= 4 is 6.03 Å². The predicted molar refractivity (Wildman–Crippen MR) is 95.7 cm³/mol. The van der Waals surface area contributed by atoms with Gasteiger partial charge in [-0.25, -0.2) is 4.79 Å². The van der Waals surface area contributed by atoms with E-state index >= 15 is 0 Å². The Hall–Kier alpha value is -1.82. The van der Waals surface area contributed by atoms with Gasteiger partial charge in [-0.3, -0.25) is 4.98 Å². The molecule has 6 nitrogen and oxygen atoms in total. The lowest BCUT2D eigenvalue weighted by molar-refractivity contribution is 0.00162. The van der Waals surface area contributed by atoms with E-state index in [1.165, 1.54) is 19.3 Å². The van der Waals surface area contributed by atoms with Gasteiger partial charge >= 0.3 is 6.03 Å². The summed E-state index contributed by atoms with van der Waals surface area (Å²) in [7, 11) is 0. The number of aromatic nitrogens is 1. The Labute approximate surface area is 149 Å². The van der Waals surface area contributed by atoms with Gasteiger partial charge in [0.05, 0.1) is 18.9 Å². The summed E-state index contributed by atoms with van der Waals surface area (Å²) >= 11 is 0. The highest BCUT2D eigenvalue weighted by molar-refractivity contribution is 5.74. The van der Waals surface area contributed by atoms with Crippen LogP contribution in [0.1, 0.15) is 44.9 Å². The molecule has 6 heteroatoms. The summed E-state index contributed by atoms with van der Waals surface area (Å²) in [5, 5.41) is 3.19. The summed E-state index contributed by atoms with van der Waals surface area (Å²) in [5.41, 5.74) is 0. The van der Waals surface area contributed by atoms with Gasteiger partial charge in [0, 0.05) is 25.3 Å². The van der Waals surface area contributed by atoms with Gasteiger partial charge in [0.2, 0.25) is 0 Å². The number of rotatable bonds is 6. The van der Waals surface area contributed by atoms with Crippen molar-refractivity contribution in [2.24, 2.45) is 0 Å². The lowest BCUT2D eigenvalue weighted by atomic mass is 9.96. The SMILES string of the molecule is O=C(NC1CCCCC1)N1CCC(OCCOc2cccnc2)CC1. The second-order valence-electron chi connectivity index (χ2n) is 6.88. The van der Waals surface area contributed by atoms with E-state index in [9.17, 15) is 4.79 Å². The van der Waals surface area contributed by atoms with Gasteiger partial charge in [-0.05, 0) is 37.8 Å². The number of ether oxygens (including phenoxy) is 2. The van der Waals surface area contributed by atoms with Crippen LogP contribution in [0.3, 0.4) is 0 Å². The van der Waals surface area contributed by atoms with Crippen molar-refractivity contribution in [2.45, 2.75) is 57.1 Å². The lowest BCUT2D eigenvalue weighted by Crippen LogP contribution is -2.49. The van der Waals surface area contributed by atoms with E-state index in [4.69, 9.17) is 9.47 Å².